The van der Waals surface area contributed by atoms with E-state index in [-0.39, 0.29) is 25.7 Å². The summed E-state index contributed by atoms with van der Waals surface area (Å²) in [5, 5.41) is 0.444. The van der Waals surface area contributed by atoms with Crippen molar-refractivity contribution in [3.8, 4) is 11.5 Å². The van der Waals surface area contributed by atoms with Crippen LogP contribution >= 0.6 is 11.6 Å². The Hall–Kier alpha value is -2.73. The number of anilines is 1. The summed E-state index contributed by atoms with van der Waals surface area (Å²) in [5.41, 5.74) is -0.637. The molecule has 0 unspecified atom stereocenters. The fourth-order valence-electron chi connectivity index (χ4n) is 2.70. The molecule has 142 valence electrons. The lowest BCUT2D eigenvalue weighted by molar-refractivity contribution is -0.145. The summed E-state index contributed by atoms with van der Waals surface area (Å²) in [6.45, 7) is 3.38. The second-order valence-corrected chi connectivity index (χ2v) is 6.93. The Morgan fingerprint density at radius 3 is 2.63 bits per heavy atom. The first-order valence-electron chi connectivity index (χ1n) is 8.51. The number of rotatable bonds is 6. The third kappa shape index (κ3) is 4.52. The van der Waals surface area contributed by atoms with E-state index < -0.39 is 11.6 Å². The monoisotopic (exact) mass is 389 g/mol. The number of esters is 1. The standard InChI is InChI=1S/C20H20ClNO5/c1-20(2)19(24)22(16-12-14(21)8-9-17(16)27-20)13-18(23)26-11-10-25-15-6-4-3-5-7-15/h3-9,12H,10-11,13H2,1-2H3. The number of hydrogen-bond acceptors (Lipinski definition) is 5. The van der Waals surface area contributed by atoms with Crippen LogP contribution in [0.2, 0.25) is 5.02 Å². The predicted molar refractivity (Wildman–Crippen MR) is 101 cm³/mol. The van der Waals surface area contributed by atoms with Crippen molar-refractivity contribution >= 4 is 29.2 Å². The first-order valence-corrected chi connectivity index (χ1v) is 8.88. The van der Waals surface area contributed by atoms with Crippen LogP contribution in [-0.2, 0) is 14.3 Å². The molecule has 0 aliphatic carbocycles. The summed E-state index contributed by atoms with van der Waals surface area (Å²) in [7, 11) is 0. The number of carbonyl (C=O) groups is 2. The van der Waals surface area contributed by atoms with Gasteiger partial charge in [0, 0.05) is 5.02 Å². The van der Waals surface area contributed by atoms with Gasteiger partial charge in [-0.05, 0) is 44.2 Å². The zero-order valence-electron chi connectivity index (χ0n) is 15.1. The van der Waals surface area contributed by atoms with E-state index in [2.05, 4.69) is 0 Å². The Morgan fingerprint density at radius 1 is 1.15 bits per heavy atom. The van der Waals surface area contributed by atoms with Crippen molar-refractivity contribution in [2.45, 2.75) is 19.4 Å². The van der Waals surface area contributed by atoms with E-state index >= 15 is 0 Å². The number of carbonyl (C=O) groups excluding carboxylic acids is 2. The van der Waals surface area contributed by atoms with E-state index in [0.29, 0.717) is 22.2 Å². The molecule has 0 radical (unpaired) electrons. The van der Waals surface area contributed by atoms with E-state index in [4.69, 9.17) is 25.8 Å². The number of benzene rings is 2. The van der Waals surface area contributed by atoms with Gasteiger partial charge in [0.25, 0.3) is 5.91 Å². The van der Waals surface area contributed by atoms with Crippen molar-refractivity contribution < 1.29 is 23.8 Å². The van der Waals surface area contributed by atoms with Crippen LogP contribution in [-0.4, -0.2) is 37.2 Å². The lowest BCUT2D eigenvalue weighted by Gasteiger charge is -2.38. The van der Waals surface area contributed by atoms with E-state index in [1.165, 1.54) is 4.90 Å². The maximum absolute atomic E-state index is 12.7. The highest BCUT2D eigenvalue weighted by Gasteiger charge is 2.41. The molecule has 2 aromatic rings. The molecule has 0 saturated carbocycles. The quantitative estimate of drug-likeness (QED) is 0.559. The maximum atomic E-state index is 12.7. The second-order valence-electron chi connectivity index (χ2n) is 6.50. The maximum Gasteiger partial charge on any atom is 0.326 e. The fraction of sp³-hybridized carbons (Fsp3) is 0.300. The highest BCUT2D eigenvalue weighted by Crippen LogP contribution is 2.39. The van der Waals surface area contributed by atoms with E-state index in [1.54, 1.807) is 32.0 Å². The molecule has 1 aliphatic rings. The average Bonchev–Trinajstić information content (AvgIpc) is 2.64. The molecule has 6 nitrogen and oxygen atoms in total. The molecule has 3 rings (SSSR count). The van der Waals surface area contributed by atoms with Gasteiger partial charge in [0.2, 0.25) is 0 Å². The lowest BCUT2D eigenvalue weighted by atomic mass is 10.0. The topological polar surface area (TPSA) is 65.1 Å². The van der Waals surface area contributed by atoms with E-state index in [1.807, 2.05) is 30.3 Å². The summed E-state index contributed by atoms with van der Waals surface area (Å²) < 4.78 is 16.4. The molecule has 0 spiro atoms. The van der Waals surface area contributed by atoms with E-state index in [9.17, 15) is 9.59 Å². The SMILES string of the molecule is CC1(C)Oc2ccc(Cl)cc2N(CC(=O)OCCOc2ccccc2)C1=O. The minimum Gasteiger partial charge on any atom is -0.490 e. The number of nitrogens with zero attached hydrogens (tertiary/aromatic N) is 1. The molecule has 0 saturated heterocycles. The molecule has 0 N–H and O–H groups in total. The highest BCUT2D eigenvalue weighted by molar-refractivity contribution is 6.31. The van der Waals surface area contributed by atoms with Gasteiger partial charge < -0.3 is 14.2 Å². The predicted octanol–water partition coefficient (Wildman–Crippen LogP) is 3.47. The van der Waals surface area contributed by atoms with Gasteiger partial charge in [-0.15, -0.1) is 0 Å². The van der Waals surface area contributed by atoms with Crippen molar-refractivity contribution in [2.75, 3.05) is 24.7 Å². The normalized spacial score (nSPS) is 14.9. The molecule has 7 heteroatoms. The molecule has 2 aromatic carbocycles. The van der Waals surface area contributed by atoms with E-state index in [0.717, 1.165) is 0 Å². The third-order valence-electron chi connectivity index (χ3n) is 3.98. The van der Waals surface area contributed by atoms with Gasteiger partial charge in [-0.1, -0.05) is 29.8 Å². The van der Waals surface area contributed by atoms with Gasteiger partial charge in [0.15, 0.2) is 5.60 Å². The number of para-hydroxylation sites is 1. The van der Waals surface area contributed by atoms with Crippen molar-refractivity contribution in [3.63, 3.8) is 0 Å². The van der Waals surface area contributed by atoms with Gasteiger partial charge in [-0.25, -0.2) is 0 Å². The smallest absolute Gasteiger partial charge is 0.326 e. The molecule has 27 heavy (non-hydrogen) atoms. The zero-order valence-corrected chi connectivity index (χ0v) is 15.9. The molecular formula is C20H20ClNO5. The fourth-order valence-corrected chi connectivity index (χ4v) is 2.87. The first kappa shape index (κ1) is 19.0. The average molecular weight is 390 g/mol. The minimum atomic E-state index is -1.09. The number of halogens is 1. The Bertz CT molecular complexity index is 838. The Labute approximate surface area is 162 Å². The molecule has 1 amide bonds. The van der Waals surface area contributed by atoms with Gasteiger partial charge in [0.05, 0.1) is 5.69 Å². The van der Waals surface area contributed by atoms with Crippen LogP contribution in [0.4, 0.5) is 5.69 Å². The molecule has 1 heterocycles. The van der Waals surface area contributed by atoms with Gasteiger partial charge in [-0.3, -0.25) is 14.5 Å². The summed E-state index contributed by atoms with van der Waals surface area (Å²) in [6, 6.07) is 14.2. The Kier molecular flexibility index (Phi) is 5.56. The van der Waals surface area contributed by atoms with Crippen LogP contribution in [0.1, 0.15) is 13.8 Å². The molecular weight excluding hydrogens is 370 g/mol. The Morgan fingerprint density at radius 2 is 1.89 bits per heavy atom. The second kappa shape index (κ2) is 7.88. The first-order chi connectivity index (χ1) is 12.9. The molecule has 0 fully saturated rings. The summed E-state index contributed by atoms with van der Waals surface area (Å²) in [5.74, 6) is 0.310. The van der Waals surface area contributed by atoms with Crippen LogP contribution in [0.25, 0.3) is 0 Å². The van der Waals surface area contributed by atoms with Crippen molar-refractivity contribution in [2.24, 2.45) is 0 Å². The third-order valence-corrected chi connectivity index (χ3v) is 4.22. The Balaban J connectivity index is 1.61. The van der Waals surface area contributed by atoms with Crippen molar-refractivity contribution in [1.82, 2.24) is 0 Å². The number of fused-ring (bicyclic) bond motifs is 1. The summed E-state index contributed by atoms with van der Waals surface area (Å²) in [4.78, 5) is 26.3. The molecule has 1 aliphatic heterocycles. The lowest BCUT2D eigenvalue weighted by Crippen LogP contribution is -2.54. The van der Waals surface area contributed by atoms with Crippen LogP contribution in [0.5, 0.6) is 11.5 Å². The number of hydrogen-bond donors (Lipinski definition) is 0. The van der Waals surface area contributed by atoms with Crippen LogP contribution in [0.3, 0.4) is 0 Å². The van der Waals surface area contributed by atoms with Gasteiger partial charge >= 0.3 is 5.97 Å². The molecule has 0 atom stereocenters. The molecule has 0 bridgehead atoms. The van der Waals surface area contributed by atoms with Crippen molar-refractivity contribution in [3.05, 3.63) is 53.6 Å². The van der Waals surface area contributed by atoms with Gasteiger partial charge in [-0.2, -0.15) is 0 Å². The van der Waals surface area contributed by atoms with Crippen LogP contribution < -0.4 is 14.4 Å². The summed E-state index contributed by atoms with van der Waals surface area (Å²) >= 11 is 6.03. The highest BCUT2D eigenvalue weighted by atomic mass is 35.5. The number of ether oxygens (including phenoxy) is 3. The van der Waals surface area contributed by atoms with Crippen LogP contribution in [0, 0.1) is 0 Å². The largest absolute Gasteiger partial charge is 0.490 e. The van der Waals surface area contributed by atoms with Crippen molar-refractivity contribution in [1.29, 1.82) is 0 Å². The van der Waals surface area contributed by atoms with Crippen LogP contribution in [0.15, 0.2) is 48.5 Å². The summed E-state index contributed by atoms with van der Waals surface area (Å²) in [6.07, 6.45) is 0. The minimum absolute atomic E-state index is 0.0814. The van der Waals surface area contributed by atoms with Gasteiger partial charge in [0.1, 0.15) is 31.3 Å². The number of amides is 1. The zero-order chi connectivity index (χ0) is 19.4. The molecule has 0 aromatic heterocycles.